The number of fused-ring (bicyclic) bond motifs is 1. The van der Waals surface area contributed by atoms with Crippen molar-refractivity contribution in [2.45, 2.75) is 46.1 Å². The van der Waals surface area contributed by atoms with E-state index in [9.17, 15) is 4.39 Å². The van der Waals surface area contributed by atoms with Gasteiger partial charge < -0.3 is 10.3 Å². The third-order valence-corrected chi connectivity index (χ3v) is 3.76. The lowest BCUT2D eigenvalue weighted by Crippen LogP contribution is -2.10. The summed E-state index contributed by atoms with van der Waals surface area (Å²) >= 11 is 0. The van der Waals surface area contributed by atoms with Crippen molar-refractivity contribution in [2.75, 3.05) is 6.54 Å². The summed E-state index contributed by atoms with van der Waals surface area (Å²) in [6.45, 7) is 7.22. The number of hydrogen-bond donors (Lipinski definition) is 1. The van der Waals surface area contributed by atoms with Crippen LogP contribution in [-0.4, -0.2) is 16.1 Å². The highest BCUT2D eigenvalue weighted by Crippen LogP contribution is 2.23. The van der Waals surface area contributed by atoms with Gasteiger partial charge in [0.05, 0.1) is 11.0 Å². The van der Waals surface area contributed by atoms with Crippen LogP contribution in [0, 0.1) is 11.7 Å². The quantitative estimate of drug-likeness (QED) is 0.875. The predicted molar refractivity (Wildman–Crippen MR) is 81.2 cm³/mol. The molecule has 1 atom stereocenters. The zero-order chi connectivity index (χ0) is 14.7. The summed E-state index contributed by atoms with van der Waals surface area (Å²) in [7, 11) is 0. The van der Waals surface area contributed by atoms with E-state index < -0.39 is 0 Å². The van der Waals surface area contributed by atoms with Crippen molar-refractivity contribution in [2.24, 2.45) is 11.7 Å². The Kier molecular flexibility index (Phi) is 4.76. The second-order valence-electron chi connectivity index (χ2n) is 5.85. The summed E-state index contributed by atoms with van der Waals surface area (Å²) in [6.07, 6.45) is 3.02. The molecule has 1 aromatic heterocycles. The molecule has 0 saturated heterocycles. The van der Waals surface area contributed by atoms with Gasteiger partial charge in [0.15, 0.2) is 0 Å². The van der Waals surface area contributed by atoms with E-state index in [0.29, 0.717) is 12.0 Å². The molecule has 0 aliphatic carbocycles. The maximum absolute atomic E-state index is 13.3. The van der Waals surface area contributed by atoms with Crippen molar-refractivity contribution in [3.05, 3.63) is 29.8 Å². The van der Waals surface area contributed by atoms with Crippen molar-refractivity contribution in [3.63, 3.8) is 0 Å². The first kappa shape index (κ1) is 15.0. The first-order valence-corrected chi connectivity index (χ1v) is 7.39. The molecular weight excluding hydrogens is 253 g/mol. The van der Waals surface area contributed by atoms with Gasteiger partial charge in [-0.15, -0.1) is 0 Å². The first-order chi connectivity index (χ1) is 9.52. The minimum Gasteiger partial charge on any atom is -0.330 e. The van der Waals surface area contributed by atoms with Crippen LogP contribution >= 0.6 is 0 Å². The normalized spacial score (nSPS) is 13.3. The minimum absolute atomic E-state index is 0.228. The van der Waals surface area contributed by atoms with Crippen LogP contribution in [0.15, 0.2) is 18.2 Å². The van der Waals surface area contributed by atoms with Crippen molar-refractivity contribution in [3.8, 4) is 0 Å². The third kappa shape index (κ3) is 3.18. The second-order valence-corrected chi connectivity index (χ2v) is 5.85. The number of nitrogens with zero attached hydrogens (tertiary/aromatic N) is 2. The van der Waals surface area contributed by atoms with Gasteiger partial charge in [-0.05, 0) is 51.3 Å². The van der Waals surface area contributed by atoms with E-state index in [-0.39, 0.29) is 5.82 Å². The fourth-order valence-electron chi connectivity index (χ4n) is 2.68. The van der Waals surface area contributed by atoms with Gasteiger partial charge in [0.25, 0.3) is 0 Å². The van der Waals surface area contributed by atoms with E-state index in [1.165, 1.54) is 12.1 Å². The van der Waals surface area contributed by atoms with E-state index in [4.69, 9.17) is 5.73 Å². The third-order valence-electron chi connectivity index (χ3n) is 3.76. The largest absolute Gasteiger partial charge is 0.330 e. The van der Waals surface area contributed by atoms with Gasteiger partial charge in [-0.1, -0.05) is 6.92 Å². The number of rotatable bonds is 6. The SMILES string of the molecule is CC(CCN)CCc1nc2cc(F)ccc2n1C(C)C. The Hall–Kier alpha value is -1.42. The molecule has 0 fully saturated rings. The highest BCUT2D eigenvalue weighted by atomic mass is 19.1. The molecule has 3 nitrogen and oxygen atoms in total. The summed E-state index contributed by atoms with van der Waals surface area (Å²) in [4.78, 5) is 4.62. The van der Waals surface area contributed by atoms with Gasteiger partial charge in [-0.2, -0.15) is 0 Å². The Morgan fingerprint density at radius 3 is 2.65 bits per heavy atom. The van der Waals surface area contributed by atoms with Crippen molar-refractivity contribution in [1.82, 2.24) is 9.55 Å². The standard InChI is InChI=1S/C16H24FN3/c1-11(2)20-15-6-5-13(17)10-14(15)19-16(20)7-4-12(3)8-9-18/h5-6,10-12H,4,7-9,18H2,1-3H3. The smallest absolute Gasteiger partial charge is 0.125 e. The van der Waals surface area contributed by atoms with Gasteiger partial charge in [0.2, 0.25) is 0 Å². The van der Waals surface area contributed by atoms with Crippen molar-refractivity contribution in [1.29, 1.82) is 0 Å². The van der Waals surface area contributed by atoms with Gasteiger partial charge >= 0.3 is 0 Å². The van der Waals surface area contributed by atoms with Gasteiger partial charge in [0.1, 0.15) is 11.6 Å². The summed E-state index contributed by atoms with van der Waals surface area (Å²) in [6, 6.07) is 5.17. The molecule has 110 valence electrons. The zero-order valence-electron chi connectivity index (χ0n) is 12.6. The van der Waals surface area contributed by atoms with E-state index in [1.807, 2.05) is 6.07 Å². The van der Waals surface area contributed by atoms with Crippen LogP contribution in [0.5, 0.6) is 0 Å². The molecule has 0 saturated carbocycles. The lowest BCUT2D eigenvalue weighted by atomic mass is 10.0. The summed E-state index contributed by atoms with van der Waals surface area (Å²) < 4.78 is 15.5. The van der Waals surface area contributed by atoms with Gasteiger partial charge in [-0.3, -0.25) is 0 Å². The molecule has 0 bridgehead atoms. The van der Waals surface area contributed by atoms with Crippen LogP contribution in [0.25, 0.3) is 11.0 Å². The molecule has 0 radical (unpaired) electrons. The molecule has 1 unspecified atom stereocenters. The Morgan fingerprint density at radius 2 is 2.00 bits per heavy atom. The molecule has 1 heterocycles. The number of hydrogen-bond acceptors (Lipinski definition) is 2. The van der Waals surface area contributed by atoms with Crippen LogP contribution < -0.4 is 5.73 Å². The van der Waals surface area contributed by atoms with E-state index in [2.05, 4.69) is 30.3 Å². The van der Waals surface area contributed by atoms with Crippen LogP contribution in [0.4, 0.5) is 4.39 Å². The van der Waals surface area contributed by atoms with Crippen LogP contribution in [0.2, 0.25) is 0 Å². The lowest BCUT2D eigenvalue weighted by molar-refractivity contribution is 0.479. The number of imidazole rings is 1. The number of benzene rings is 1. The fourth-order valence-corrected chi connectivity index (χ4v) is 2.68. The molecule has 20 heavy (non-hydrogen) atoms. The zero-order valence-corrected chi connectivity index (χ0v) is 12.6. The molecule has 0 aliphatic heterocycles. The number of aryl methyl sites for hydroxylation is 1. The topological polar surface area (TPSA) is 43.8 Å². The molecule has 0 spiro atoms. The molecular formula is C16H24FN3. The number of aromatic nitrogens is 2. The van der Waals surface area contributed by atoms with E-state index in [0.717, 1.165) is 42.7 Å². The molecule has 2 aromatic rings. The molecule has 1 aromatic carbocycles. The highest BCUT2D eigenvalue weighted by Gasteiger charge is 2.14. The maximum Gasteiger partial charge on any atom is 0.125 e. The maximum atomic E-state index is 13.3. The number of nitrogens with two attached hydrogens (primary N) is 1. The summed E-state index contributed by atoms with van der Waals surface area (Å²) in [5.74, 6) is 1.41. The Labute approximate surface area is 120 Å². The average Bonchev–Trinajstić information content (AvgIpc) is 2.74. The van der Waals surface area contributed by atoms with Crippen LogP contribution in [-0.2, 0) is 6.42 Å². The van der Waals surface area contributed by atoms with E-state index in [1.54, 1.807) is 0 Å². The predicted octanol–water partition coefficient (Wildman–Crippen LogP) is 3.67. The van der Waals surface area contributed by atoms with Gasteiger partial charge in [-0.25, -0.2) is 9.37 Å². The minimum atomic E-state index is -0.228. The van der Waals surface area contributed by atoms with Crippen LogP contribution in [0.1, 0.15) is 45.5 Å². The Balaban J connectivity index is 2.29. The highest BCUT2D eigenvalue weighted by molar-refractivity contribution is 5.76. The monoisotopic (exact) mass is 277 g/mol. The average molecular weight is 277 g/mol. The summed E-state index contributed by atoms with van der Waals surface area (Å²) in [5, 5.41) is 0. The second kappa shape index (κ2) is 6.35. The molecule has 0 amide bonds. The number of halogens is 1. The van der Waals surface area contributed by atoms with Crippen LogP contribution in [0.3, 0.4) is 0 Å². The van der Waals surface area contributed by atoms with Gasteiger partial charge in [0, 0.05) is 18.5 Å². The molecule has 2 N–H and O–H groups in total. The molecule has 2 rings (SSSR count). The van der Waals surface area contributed by atoms with Crippen molar-refractivity contribution >= 4 is 11.0 Å². The molecule has 0 aliphatic rings. The Bertz CT molecular complexity index is 574. The lowest BCUT2D eigenvalue weighted by Gasteiger charge is -2.14. The first-order valence-electron chi connectivity index (χ1n) is 7.39. The van der Waals surface area contributed by atoms with Crippen molar-refractivity contribution < 1.29 is 4.39 Å². The van der Waals surface area contributed by atoms with E-state index >= 15 is 0 Å². The summed E-state index contributed by atoms with van der Waals surface area (Å²) in [5.41, 5.74) is 7.36. The Morgan fingerprint density at radius 1 is 1.25 bits per heavy atom. The molecule has 4 heteroatoms. The fraction of sp³-hybridized carbons (Fsp3) is 0.562.